The first-order chi connectivity index (χ1) is 15.4. The van der Waals surface area contributed by atoms with Crippen LogP contribution >= 0.6 is 11.3 Å². The van der Waals surface area contributed by atoms with Gasteiger partial charge in [0.2, 0.25) is 0 Å². The van der Waals surface area contributed by atoms with Gasteiger partial charge in [0.05, 0.1) is 21.1 Å². The van der Waals surface area contributed by atoms with Crippen LogP contribution in [0.25, 0.3) is 26.8 Å². The molecule has 4 aromatic rings. The number of carbonyl (C=O) groups is 1. The molecule has 0 atom stereocenters. The maximum absolute atomic E-state index is 12.4. The summed E-state index contributed by atoms with van der Waals surface area (Å²) >= 11 is 1.62. The molecule has 0 saturated heterocycles. The summed E-state index contributed by atoms with van der Waals surface area (Å²) in [6.45, 7) is 7.22. The van der Waals surface area contributed by atoms with Crippen LogP contribution in [0.15, 0.2) is 42.2 Å². The summed E-state index contributed by atoms with van der Waals surface area (Å²) in [5.41, 5.74) is 6.47. The van der Waals surface area contributed by atoms with E-state index in [1.165, 1.54) is 5.57 Å². The lowest BCUT2D eigenvalue weighted by Gasteiger charge is -2.30. The van der Waals surface area contributed by atoms with Gasteiger partial charge >= 0.3 is 6.03 Å². The second-order valence-corrected chi connectivity index (χ2v) is 9.82. The van der Waals surface area contributed by atoms with E-state index in [1.54, 1.807) is 17.7 Å². The van der Waals surface area contributed by atoms with Gasteiger partial charge in [0, 0.05) is 30.0 Å². The van der Waals surface area contributed by atoms with Gasteiger partial charge in [0.15, 0.2) is 0 Å². The van der Waals surface area contributed by atoms with Gasteiger partial charge in [0.25, 0.3) is 0 Å². The minimum absolute atomic E-state index is 0.0288. The Morgan fingerprint density at radius 1 is 1.19 bits per heavy atom. The van der Waals surface area contributed by atoms with Crippen molar-refractivity contribution in [2.75, 3.05) is 18.4 Å². The summed E-state index contributed by atoms with van der Waals surface area (Å²) in [5, 5.41) is 7.35. The molecule has 0 saturated carbocycles. The molecule has 0 bridgehead atoms. The Balaban J connectivity index is 1.37. The summed E-state index contributed by atoms with van der Waals surface area (Å²) in [4.78, 5) is 30.9. The minimum atomic E-state index is -0.246. The number of fused-ring (bicyclic) bond motifs is 2. The molecule has 1 aliphatic heterocycles. The molecule has 0 unspecified atom stereocenters. The third kappa shape index (κ3) is 4.16. The first kappa shape index (κ1) is 20.4. The molecule has 3 aromatic heterocycles. The molecular formula is C23H25N7OS. The highest BCUT2D eigenvalue weighted by atomic mass is 32.1. The highest BCUT2D eigenvalue weighted by molar-refractivity contribution is 7.16. The van der Waals surface area contributed by atoms with Crippen molar-refractivity contribution < 1.29 is 4.79 Å². The number of nitrogens with one attached hydrogen (secondary N) is 3. The third-order valence-corrected chi connectivity index (χ3v) is 6.15. The molecule has 1 aromatic carbocycles. The topological polar surface area (TPSA) is 98.8 Å². The van der Waals surface area contributed by atoms with E-state index in [0.717, 1.165) is 44.9 Å². The summed E-state index contributed by atoms with van der Waals surface area (Å²) < 4.78 is 1.15. The summed E-state index contributed by atoms with van der Waals surface area (Å²) in [6, 6.07) is 8.16. The van der Waals surface area contributed by atoms with Gasteiger partial charge in [0.1, 0.15) is 17.8 Å². The average Bonchev–Trinajstić information content (AvgIpc) is 3.40. The first-order valence-corrected chi connectivity index (χ1v) is 11.4. The zero-order valence-electron chi connectivity index (χ0n) is 18.3. The maximum atomic E-state index is 12.4. The van der Waals surface area contributed by atoms with Crippen molar-refractivity contribution in [2.45, 2.75) is 32.7 Å². The molecule has 0 aliphatic carbocycles. The molecule has 0 fully saturated rings. The van der Waals surface area contributed by atoms with Crippen molar-refractivity contribution in [1.82, 2.24) is 30.2 Å². The van der Waals surface area contributed by atoms with Gasteiger partial charge in [-0.05, 0) is 57.0 Å². The zero-order chi connectivity index (χ0) is 22.3. The van der Waals surface area contributed by atoms with Crippen LogP contribution in [0.1, 0.15) is 32.9 Å². The zero-order valence-corrected chi connectivity index (χ0v) is 19.1. The Morgan fingerprint density at radius 3 is 2.84 bits per heavy atom. The van der Waals surface area contributed by atoms with E-state index < -0.39 is 0 Å². The number of urea groups is 1. The number of rotatable bonds is 3. The summed E-state index contributed by atoms with van der Waals surface area (Å²) in [6.07, 6.45) is 4.44. The van der Waals surface area contributed by atoms with E-state index >= 15 is 0 Å². The lowest BCUT2D eigenvalue weighted by Crippen LogP contribution is -2.49. The molecule has 3 N–H and O–H groups in total. The normalized spacial score (nSPS) is 14.6. The predicted molar refractivity (Wildman–Crippen MR) is 129 cm³/mol. The van der Waals surface area contributed by atoms with Crippen LogP contribution in [0.3, 0.4) is 0 Å². The standard InChI is InChI=1S/C23H25N7OS/c1-23(2,3)29-22(31)30-8-6-14(7-9-30)17-11-16-20(24-12-25-21(16)28-17)27-15-4-5-19-18(10-15)26-13-32-19/h4-6,10-13H,7-9H2,1-3H3,(H,29,31)(H2,24,25,27,28). The fourth-order valence-corrected chi connectivity index (χ4v) is 4.44. The van der Waals surface area contributed by atoms with E-state index in [9.17, 15) is 4.79 Å². The number of hydrogen-bond donors (Lipinski definition) is 3. The number of carbonyl (C=O) groups excluding carboxylic acids is 1. The van der Waals surface area contributed by atoms with E-state index in [-0.39, 0.29) is 11.6 Å². The number of nitrogens with zero attached hydrogens (tertiary/aromatic N) is 4. The third-order valence-electron chi connectivity index (χ3n) is 5.34. The van der Waals surface area contributed by atoms with Crippen LogP contribution < -0.4 is 10.6 Å². The SMILES string of the molecule is CC(C)(C)NC(=O)N1CC=C(c2cc3c(Nc4ccc5scnc5c4)ncnc3[nH]2)CC1. The molecule has 1 aliphatic rings. The maximum Gasteiger partial charge on any atom is 0.318 e. The van der Waals surface area contributed by atoms with Gasteiger partial charge in [-0.1, -0.05) is 6.08 Å². The van der Waals surface area contributed by atoms with Crippen LogP contribution in [-0.2, 0) is 0 Å². The van der Waals surface area contributed by atoms with Crippen molar-refractivity contribution in [3.63, 3.8) is 0 Å². The largest absolute Gasteiger partial charge is 0.340 e. The van der Waals surface area contributed by atoms with Gasteiger partial charge < -0.3 is 20.5 Å². The second-order valence-electron chi connectivity index (χ2n) is 8.93. The van der Waals surface area contributed by atoms with Crippen molar-refractivity contribution >= 4 is 55.7 Å². The van der Waals surface area contributed by atoms with Crippen molar-refractivity contribution in [1.29, 1.82) is 0 Å². The van der Waals surface area contributed by atoms with Crippen molar-refractivity contribution in [2.24, 2.45) is 0 Å². The molecule has 164 valence electrons. The molecule has 4 heterocycles. The highest BCUT2D eigenvalue weighted by Gasteiger charge is 2.22. The Bertz CT molecular complexity index is 1330. The molecule has 8 nitrogen and oxygen atoms in total. The van der Waals surface area contributed by atoms with E-state index in [0.29, 0.717) is 13.1 Å². The minimum Gasteiger partial charge on any atom is -0.340 e. The smallest absolute Gasteiger partial charge is 0.318 e. The fraction of sp³-hybridized carbons (Fsp3) is 0.304. The molecule has 32 heavy (non-hydrogen) atoms. The van der Waals surface area contributed by atoms with Gasteiger partial charge in [-0.2, -0.15) is 0 Å². The monoisotopic (exact) mass is 447 g/mol. The molecular weight excluding hydrogens is 422 g/mol. The Hall–Kier alpha value is -3.46. The van der Waals surface area contributed by atoms with Crippen LogP contribution in [0.5, 0.6) is 0 Å². The fourth-order valence-electron chi connectivity index (χ4n) is 3.78. The summed E-state index contributed by atoms with van der Waals surface area (Å²) in [7, 11) is 0. The number of thiazole rings is 1. The molecule has 5 rings (SSSR count). The van der Waals surface area contributed by atoms with E-state index in [4.69, 9.17) is 0 Å². The Morgan fingerprint density at radius 2 is 2.06 bits per heavy atom. The van der Waals surface area contributed by atoms with Crippen molar-refractivity contribution in [3.05, 3.63) is 47.9 Å². The van der Waals surface area contributed by atoms with E-state index in [1.807, 2.05) is 43.3 Å². The van der Waals surface area contributed by atoms with Crippen LogP contribution in [-0.4, -0.2) is 49.5 Å². The van der Waals surface area contributed by atoms with Crippen LogP contribution in [0.2, 0.25) is 0 Å². The lowest BCUT2D eigenvalue weighted by atomic mass is 10.0. The first-order valence-electron chi connectivity index (χ1n) is 10.6. The molecule has 9 heteroatoms. The number of aromatic nitrogens is 4. The Labute approximate surface area is 189 Å². The van der Waals surface area contributed by atoms with Crippen molar-refractivity contribution in [3.8, 4) is 0 Å². The van der Waals surface area contributed by atoms with E-state index in [2.05, 4.69) is 48.8 Å². The summed E-state index contributed by atoms with van der Waals surface area (Å²) in [5.74, 6) is 0.745. The lowest BCUT2D eigenvalue weighted by molar-refractivity contribution is 0.193. The number of hydrogen-bond acceptors (Lipinski definition) is 6. The van der Waals surface area contributed by atoms with Gasteiger partial charge in [-0.25, -0.2) is 19.7 Å². The number of benzene rings is 1. The second kappa shape index (κ2) is 7.90. The van der Waals surface area contributed by atoms with Crippen LogP contribution in [0.4, 0.5) is 16.3 Å². The molecule has 0 radical (unpaired) electrons. The number of anilines is 2. The highest BCUT2D eigenvalue weighted by Crippen LogP contribution is 2.30. The van der Waals surface area contributed by atoms with Crippen LogP contribution in [0, 0.1) is 0 Å². The number of H-pyrrole nitrogens is 1. The predicted octanol–water partition coefficient (Wildman–Crippen LogP) is 4.91. The molecule has 2 amide bonds. The quantitative estimate of drug-likeness (QED) is 0.414. The van der Waals surface area contributed by atoms with Gasteiger partial charge in [-0.15, -0.1) is 11.3 Å². The number of amides is 2. The number of aromatic amines is 1. The van der Waals surface area contributed by atoms with Gasteiger partial charge in [-0.3, -0.25) is 0 Å². The molecule has 0 spiro atoms. The average molecular weight is 448 g/mol. The Kier molecular flexibility index (Phi) is 5.05.